The fraction of sp³-hybridized carbons (Fsp3) is 0.462. The van der Waals surface area contributed by atoms with E-state index < -0.39 is 11.9 Å². The smallest absolute Gasteiger partial charge is 0.271 e. The van der Waals surface area contributed by atoms with E-state index in [0.29, 0.717) is 25.2 Å². The van der Waals surface area contributed by atoms with Gasteiger partial charge in [0.05, 0.1) is 0 Å². The van der Waals surface area contributed by atoms with Crippen LogP contribution in [0, 0.1) is 0 Å². The Morgan fingerprint density at radius 1 is 1.47 bits per heavy atom. The highest BCUT2D eigenvalue weighted by Crippen LogP contribution is 2.23. The normalized spacial score (nSPS) is 23.7. The van der Waals surface area contributed by atoms with Gasteiger partial charge in [-0.1, -0.05) is 12.7 Å². The molecule has 2 N–H and O–H groups in total. The molecule has 0 aliphatic carbocycles. The van der Waals surface area contributed by atoms with Crippen LogP contribution in [0.15, 0.2) is 23.9 Å². The van der Waals surface area contributed by atoms with Crippen molar-refractivity contribution in [2.75, 3.05) is 13.1 Å². The number of nitrogens with one attached hydrogen (secondary N) is 2. The van der Waals surface area contributed by atoms with Gasteiger partial charge < -0.3 is 10.2 Å². The summed E-state index contributed by atoms with van der Waals surface area (Å²) in [7, 11) is 0. The number of amides is 3. The van der Waals surface area contributed by atoms with Crippen LogP contribution in [-0.2, 0) is 14.4 Å². The number of rotatable bonds is 4. The number of piperidine rings is 1. The van der Waals surface area contributed by atoms with Crippen LogP contribution in [0.1, 0.15) is 19.8 Å². The number of imide groups is 1. The van der Waals surface area contributed by atoms with E-state index in [2.05, 4.69) is 17.2 Å². The number of carbonyl (C=O) groups excluding carboxylic acids is 3. The highest BCUT2D eigenvalue weighted by molar-refractivity contribution is 6.04. The molecule has 1 atom stereocenters. The van der Waals surface area contributed by atoms with Crippen molar-refractivity contribution < 1.29 is 14.4 Å². The molecule has 0 radical (unpaired) electrons. The van der Waals surface area contributed by atoms with Gasteiger partial charge in [0.1, 0.15) is 11.7 Å². The zero-order valence-corrected chi connectivity index (χ0v) is 10.9. The maximum Gasteiger partial charge on any atom is 0.271 e. The molecular formula is C13H17N3O3. The lowest BCUT2D eigenvalue weighted by molar-refractivity contribution is -0.143. The van der Waals surface area contributed by atoms with Gasteiger partial charge >= 0.3 is 0 Å². The molecule has 1 fully saturated rings. The molecule has 6 nitrogen and oxygen atoms in total. The summed E-state index contributed by atoms with van der Waals surface area (Å²) in [6, 6.07) is -0.573. The molecule has 1 saturated heterocycles. The predicted molar refractivity (Wildman–Crippen MR) is 68.8 cm³/mol. The van der Waals surface area contributed by atoms with Crippen LogP contribution in [0.2, 0.25) is 0 Å². The number of nitrogens with zero attached hydrogens (tertiary/aromatic N) is 1. The van der Waals surface area contributed by atoms with Crippen LogP contribution >= 0.6 is 0 Å². The standard InChI is InChI=1S/C13H17N3O3/c1-3-8-7-16(13(19)11(8)14-4-2)9-5-6-10(17)15-12(9)18/h3,9,14H,1,4-7H2,2H3,(H,15,17,18). The van der Waals surface area contributed by atoms with Crippen molar-refractivity contribution in [3.63, 3.8) is 0 Å². The largest absolute Gasteiger partial charge is 0.381 e. The Hall–Kier alpha value is -2.11. The quantitative estimate of drug-likeness (QED) is 0.682. The van der Waals surface area contributed by atoms with E-state index in [-0.39, 0.29) is 18.2 Å². The minimum absolute atomic E-state index is 0.203. The molecule has 0 aromatic carbocycles. The lowest BCUT2D eigenvalue weighted by atomic mass is 10.0. The number of carbonyl (C=O) groups is 3. The molecule has 3 amide bonds. The van der Waals surface area contributed by atoms with Gasteiger partial charge in [-0.15, -0.1) is 0 Å². The van der Waals surface area contributed by atoms with E-state index in [1.165, 1.54) is 4.90 Å². The summed E-state index contributed by atoms with van der Waals surface area (Å²) >= 11 is 0. The second-order valence-corrected chi connectivity index (χ2v) is 4.53. The summed E-state index contributed by atoms with van der Waals surface area (Å²) in [5.74, 6) is -0.881. The summed E-state index contributed by atoms with van der Waals surface area (Å²) in [6.07, 6.45) is 2.27. The molecule has 2 rings (SSSR count). The van der Waals surface area contributed by atoms with E-state index >= 15 is 0 Å². The molecular weight excluding hydrogens is 246 g/mol. The predicted octanol–water partition coefficient (Wildman–Crippen LogP) is -0.317. The third kappa shape index (κ3) is 2.38. The maximum atomic E-state index is 12.3. The van der Waals surface area contributed by atoms with Gasteiger partial charge in [-0.05, 0) is 18.9 Å². The van der Waals surface area contributed by atoms with E-state index in [0.717, 1.165) is 5.57 Å². The molecule has 0 aromatic heterocycles. The highest BCUT2D eigenvalue weighted by Gasteiger charge is 2.39. The van der Waals surface area contributed by atoms with Crippen molar-refractivity contribution in [2.24, 2.45) is 0 Å². The number of likely N-dealkylation sites (N-methyl/N-ethyl adjacent to an activating group) is 1. The summed E-state index contributed by atoms with van der Waals surface area (Å²) in [5, 5.41) is 5.28. The maximum absolute atomic E-state index is 12.3. The third-order valence-electron chi connectivity index (χ3n) is 3.32. The zero-order chi connectivity index (χ0) is 14.0. The van der Waals surface area contributed by atoms with Crippen LogP contribution in [0.3, 0.4) is 0 Å². The van der Waals surface area contributed by atoms with Crippen molar-refractivity contribution in [1.82, 2.24) is 15.5 Å². The van der Waals surface area contributed by atoms with Crippen LogP contribution in [0.4, 0.5) is 0 Å². The van der Waals surface area contributed by atoms with Crippen molar-refractivity contribution in [3.05, 3.63) is 23.9 Å². The molecule has 19 heavy (non-hydrogen) atoms. The van der Waals surface area contributed by atoms with Crippen molar-refractivity contribution in [1.29, 1.82) is 0 Å². The fourth-order valence-corrected chi connectivity index (χ4v) is 2.38. The van der Waals surface area contributed by atoms with Crippen molar-refractivity contribution >= 4 is 17.7 Å². The molecule has 102 valence electrons. The topological polar surface area (TPSA) is 78.5 Å². The fourth-order valence-electron chi connectivity index (χ4n) is 2.38. The molecule has 0 bridgehead atoms. The molecule has 2 heterocycles. The van der Waals surface area contributed by atoms with Crippen molar-refractivity contribution in [2.45, 2.75) is 25.8 Å². The van der Waals surface area contributed by atoms with Gasteiger partial charge in [0.2, 0.25) is 11.8 Å². The SMILES string of the molecule is C=CC1=C(NCC)C(=O)N(C2CCC(=O)NC2=O)C1. The van der Waals surface area contributed by atoms with Gasteiger partial charge in [-0.3, -0.25) is 19.7 Å². The number of hydrogen-bond donors (Lipinski definition) is 2. The monoisotopic (exact) mass is 263 g/mol. The van der Waals surface area contributed by atoms with Gasteiger partial charge in [0.25, 0.3) is 5.91 Å². The van der Waals surface area contributed by atoms with E-state index in [4.69, 9.17) is 0 Å². The molecule has 6 heteroatoms. The summed E-state index contributed by atoms with van der Waals surface area (Å²) < 4.78 is 0. The summed E-state index contributed by atoms with van der Waals surface area (Å²) in [6.45, 7) is 6.57. The van der Waals surface area contributed by atoms with Crippen LogP contribution < -0.4 is 10.6 Å². The Kier molecular flexibility index (Phi) is 3.69. The van der Waals surface area contributed by atoms with Crippen LogP contribution in [0.25, 0.3) is 0 Å². The third-order valence-corrected chi connectivity index (χ3v) is 3.32. The molecule has 1 unspecified atom stereocenters. The first-order chi connectivity index (χ1) is 9.08. The minimum atomic E-state index is -0.573. The highest BCUT2D eigenvalue weighted by atomic mass is 16.2. The Bertz CT molecular complexity index is 482. The van der Waals surface area contributed by atoms with Crippen LogP contribution in [-0.4, -0.2) is 41.8 Å². The summed E-state index contributed by atoms with van der Waals surface area (Å²) in [5.41, 5.74) is 1.29. The van der Waals surface area contributed by atoms with E-state index in [1.807, 2.05) is 6.92 Å². The van der Waals surface area contributed by atoms with Gasteiger partial charge in [0, 0.05) is 19.5 Å². The van der Waals surface area contributed by atoms with E-state index in [1.54, 1.807) is 6.08 Å². The average Bonchev–Trinajstić information content (AvgIpc) is 2.68. The van der Waals surface area contributed by atoms with Gasteiger partial charge in [0.15, 0.2) is 0 Å². The molecule has 0 aromatic rings. The summed E-state index contributed by atoms with van der Waals surface area (Å²) in [4.78, 5) is 36.7. The lowest BCUT2D eigenvalue weighted by Crippen LogP contribution is -2.53. The Balaban J connectivity index is 2.17. The average molecular weight is 263 g/mol. The zero-order valence-electron chi connectivity index (χ0n) is 10.9. The molecule has 0 spiro atoms. The lowest BCUT2D eigenvalue weighted by Gasteiger charge is -2.29. The number of hydrogen-bond acceptors (Lipinski definition) is 4. The first-order valence-electron chi connectivity index (χ1n) is 6.32. The Morgan fingerprint density at radius 2 is 2.21 bits per heavy atom. The first kappa shape index (κ1) is 13.3. The molecule has 2 aliphatic rings. The second-order valence-electron chi connectivity index (χ2n) is 4.53. The first-order valence-corrected chi connectivity index (χ1v) is 6.32. The minimum Gasteiger partial charge on any atom is -0.381 e. The van der Waals surface area contributed by atoms with Crippen molar-refractivity contribution in [3.8, 4) is 0 Å². The molecule has 2 aliphatic heterocycles. The van der Waals surface area contributed by atoms with Gasteiger partial charge in [-0.2, -0.15) is 0 Å². The van der Waals surface area contributed by atoms with Gasteiger partial charge in [-0.25, -0.2) is 0 Å². The Morgan fingerprint density at radius 3 is 2.79 bits per heavy atom. The molecule has 0 saturated carbocycles. The van der Waals surface area contributed by atoms with Crippen LogP contribution in [0.5, 0.6) is 0 Å². The van der Waals surface area contributed by atoms with E-state index in [9.17, 15) is 14.4 Å². The second kappa shape index (κ2) is 5.26. The Labute approximate surface area is 111 Å².